The second-order valence-corrected chi connectivity index (χ2v) is 9.35. The van der Waals surface area contributed by atoms with E-state index < -0.39 is 5.97 Å². The molecule has 5 heterocycles. The Kier molecular flexibility index (Phi) is 5.37. The third-order valence-corrected chi connectivity index (χ3v) is 7.02. The van der Waals surface area contributed by atoms with E-state index in [9.17, 15) is 9.59 Å². The highest BCUT2D eigenvalue weighted by Crippen LogP contribution is 2.34. The van der Waals surface area contributed by atoms with Gasteiger partial charge in [0.1, 0.15) is 5.65 Å². The Balaban J connectivity index is 1.11. The van der Waals surface area contributed by atoms with Gasteiger partial charge in [0.2, 0.25) is 5.95 Å². The van der Waals surface area contributed by atoms with Crippen LogP contribution >= 0.6 is 0 Å². The number of hydrogen-bond acceptors (Lipinski definition) is 7. The van der Waals surface area contributed by atoms with Gasteiger partial charge in [0.25, 0.3) is 5.91 Å². The number of pyridine rings is 1. The summed E-state index contributed by atoms with van der Waals surface area (Å²) in [4.78, 5) is 42.2. The SMILES string of the molecule is CN1CC2C1CN2c1nccc(Cc2cn3ccc(C(=O)NCc4ccc(C(=O)O)cc4)cc3n2)n1. The highest BCUT2D eigenvalue weighted by molar-refractivity contribution is 5.95. The molecule has 10 nitrogen and oxygen atoms in total. The van der Waals surface area contributed by atoms with Crippen molar-refractivity contribution in [3.8, 4) is 0 Å². The highest BCUT2D eigenvalue weighted by Gasteiger charge is 2.50. The molecule has 2 fully saturated rings. The molecule has 0 spiro atoms. The number of rotatable bonds is 7. The summed E-state index contributed by atoms with van der Waals surface area (Å²) in [5, 5.41) is 11.9. The molecule has 2 aliphatic rings. The van der Waals surface area contributed by atoms with Gasteiger partial charge < -0.3 is 19.7 Å². The van der Waals surface area contributed by atoms with Crippen LogP contribution in [0.15, 0.2) is 61.1 Å². The van der Waals surface area contributed by atoms with E-state index >= 15 is 0 Å². The lowest BCUT2D eigenvalue weighted by Gasteiger charge is -2.60. The highest BCUT2D eigenvalue weighted by atomic mass is 16.4. The van der Waals surface area contributed by atoms with Crippen molar-refractivity contribution >= 4 is 23.5 Å². The molecule has 0 bridgehead atoms. The summed E-state index contributed by atoms with van der Waals surface area (Å²) in [5.74, 6) is -0.421. The molecule has 4 aromatic rings. The average Bonchev–Trinajstić information content (AvgIpc) is 3.27. The Morgan fingerprint density at radius 2 is 1.86 bits per heavy atom. The molecule has 182 valence electrons. The first-order chi connectivity index (χ1) is 17.4. The Labute approximate surface area is 207 Å². The minimum absolute atomic E-state index is 0.212. The Morgan fingerprint density at radius 3 is 2.58 bits per heavy atom. The van der Waals surface area contributed by atoms with Crippen LogP contribution in [-0.2, 0) is 13.0 Å². The molecule has 0 radical (unpaired) electrons. The number of anilines is 1. The summed E-state index contributed by atoms with van der Waals surface area (Å²) in [5.41, 5.74) is 3.99. The van der Waals surface area contributed by atoms with Crippen molar-refractivity contribution < 1.29 is 14.7 Å². The number of aromatic nitrogens is 4. The van der Waals surface area contributed by atoms with Gasteiger partial charge >= 0.3 is 5.97 Å². The van der Waals surface area contributed by atoms with Crippen molar-refractivity contribution in [3.63, 3.8) is 0 Å². The minimum Gasteiger partial charge on any atom is -0.478 e. The third kappa shape index (κ3) is 4.05. The first-order valence-corrected chi connectivity index (χ1v) is 11.8. The molecule has 2 unspecified atom stereocenters. The quantitative estimate of drug-likeness (QED) is 0.409. The zero-order valence-corrected chi connectivity index (χ0v) is 19.7. The molecular formula is C26H25N7O3. The summed E-state index contributed by atoms with van der Waals surface area (Å²) in [6, 6.07) is 13.0. The van der Waals surface area contributed by atoms with Crippen molar-refractivity contribution in [2.75, 3.05) is 25.0 Å². The van der Waals surface area contributed by atoms with Crippen LogP contribution in [-0.4, -0.2) is 73.5 Å². The van der Waals surface area contributed by atoms with E-state index in [-0.39, 0.29) is 11.5 Å². The van der Waals surface area contributed by atoms with Crippen LogP contribution in [0, 0.1) is 0 Å². The number of amides is 1. The van der Waals surface area contributed by atoms with Crippen LogP contribution in [0.5, 0.6) is 0 Å². The van der Waals surface area contributed by atoms with Gasteiger partial charge in [0.05, 0.1) is 23.0 Å². The number of fused-ring (bicyclic) bond motifs is 2. The van der Waals surface area contributed by atoms with Gasteiger partial charge in [0, 0.05) is 56.3 Å². The molecule has 0 saturated carbocycles. The number of benzene rings is 1. The van der Waals surface area contributed by atoms with Crippen LogP contribution in [0.1, 0.15) is 37.7 Å². The lowest BCUT2D eigenvalue weighted by molar-refractivity contribution is 0.0353. The Bertz CT molecular complexity index is 1470. The van der Waals surface area contributed by atoms with E-state index in [0.29, 0.717) is 36.3 Å². The van der Waals surface area contributed by atoms with Crippen LogP contribution in [0.4, 0.5) is 5.95 Å². The molecule has 0 aliphatic carbocycles. The fraction of sp³-hybridized carbons (Fsp3) is 0.269. The standard InChI is InChI=1S/C26H25N7O3/c1-31-14-22-21(31)15-33(22)26-27-8-6-19(30-26)11-20-13-32-9-7-18(10-23(32)29-20)24(34)28-12-16-2-4-17(5-3-16)25(35)36/h2-10,13,21-22H,11-12,14-15H2,1H3,(H,28,34)(H,35,36). The summed E-state index contributed by atoms with van der Waals surface area (Å²) in [6.07, 6.45) is 6.15. The Morgan fingerprint density at radius 1 is 1.03 bits per heavy atom. The Hall–Kier alpha value is -4.31. The number of piperazine rings is 1. The first-order valence-electron chi connectivity index (χ1n) is 11.8. The van der Waals surface area contributed by atoms with Crippen molar-refractivity contribution in [2.24, 2.45) is 0 Å². The van der Waals surface area contributed by atoms with Gasteiger partial charge in [-0.15, -0.1) is 0 Å². The zero-order chi connectivity index (χ0) is 24.8. The molecule has 36 heavy (non-hydrogen) atoms. The van der Waals surface area contributed by atoms with E-state index in [1.807, 2.05) is 22.9 Å². The van der Waals surface area contributed by atoms with Crippen molar-refractivity contribution in [1.29, 1.82) is 0 Å². The molecule has 1 amide bonds. The molecule has 2 N–H and O–H groups in total. The summed E-state index contributed by atoms with van der Waals surface area (Å²) in [7, 11) is 2.15. The maximum atomic E-state index is 12.7. The molecule has 10 heteroatoms. The number of imidazole rings is 1. The van der Waals surface area contributed by atoms with Gasteiger partial charge in [0.15, 0.2) is 0 Å². The topological polar surface area (TPSA) is 116 Å². The molecule has 2 aliphatic heterocycles. The molecule has 2 atom stereocenters. The second-order valence-electron chi connectivity index (χ2n) is 9.35. The zero-order valence-electron chi connectivity index (χ0n) is 19.7. The first kappa shape index (κ1) is 22.2. The normalized spacial score (nSPS) is 18.9. The third-order valence-electron chi connectivity index (χ3n) is 7.02. The van der Waals surface area contributed by atoms with Crippen molar-refractivity contribution in [1.82, 2.24) is 29.6 Å². The van der Waals surface area contributed by atoms with Crippen LogP contribution in [0.25, 0.3) is 5.65 Å². The number of nitrogens with one attached hydrogen (secondary N) is 1. The van der Waals surface area contributed by atoms with Crippen LogP contribution < -0.4 is 10.2 Å². The van der Waals surface area contributed by atoms with Gasteiger partial charge in [-0.25, -0.2) is 19.7 Å². The van der Waals surface area contributed by atoms with E-state index in [2.05, 4.69) is 27.1 Å². The molecule has 2 saturated heterocycles. The largest absolute Gasteiger partial charge is 0.478 e. The van der Waals surface area contributed by atoms with Gasteiger partial charge in [-0.3, -0.25) is 9.69 Å². The molecule has 1 aromatic carbocycles. The number of likely N-dealkylation sites (N-methyl/N-ethyl adjacent to an activating group) is 1. The molecular weight excluding hydrogens is 458 g/mol. The number of nitrogens with zero attached hydrogens (tertiary/aromatic N) is 6. The number of carboxylic acid groups (broad SMARTS) is 1. The fourth-order valence-corrected chi connectivity index (χ4v) is 4.82. The maximum Gasteiger partial charge on any atom is 0.335 e. The van der Waals surface area contributed by atoms with E-state index in [4.69, 9.17) is 15.1 Å². The lowest BCUT2D eigenvalue weighted by Crippen LogP contribution is -2.78. The summed E-state index contributed by atoms with van der Waals surface area (Å²) >= 11 is 0. The number of carbonyl (C=O) groups excluding carboxylic acids is 1. The predicted octanol–water partition coefficient (Wildman–Crippen LogP) is 1.85. The summed E-state index contributed by atoms with van der Waals surface area (Å²) in [6.45, 7) is 2.32. The second kappa shape index (κ2) is 8.72. The van der Waals surface area contributed by atoms with E-state index in [0.717, 1.165) is 36.0 Å². The molecule has 3 aromatic heterocycles. The maximum absolute atomic E-state index is 12.7. The van der Waals surface area contributed by atoms with Crippen LogP contribution in [0.2, 0.25) is 0 Å². The average molecular weight is 484 g/mol. The predicted molar refractivity (Wildman–Crippen MR) is 132 cm³/mol. The van der Waals surface area contributed by atoms with Crippen molar-refractivity contribution in [2.45, 2.75) is 25.0 Å². The van der Waals surface area contributed by atoms with E-state index in [1.54, 1.807) is 30.5 Å². The number of hydrogen-bond donors (Lipinski definition) is 2. The van der Waals surface area contributed by atoms with Gasteiger partial charge in [-0.1, -0.05) is 12.1 Å². The fourth-order valence-electron chi connectivity index (χ4n) is 4.82. The van der Waals surface area contributed by atoms with Crippen molar-refractivity contribution in [3.05, 3.63) is 89.1 Å². The summed E-state index contributed by atoms with van der Waals surface area (Å²) < 4.78 is 1.89. The van der Waals surface area contributed by atoms with Gasteiger partial charge in [-0.05, 0) is 42.9 Å². The number of likely N-dealkylation sites (tertiary alicyclic amines) is 1. The van der Waals surface area contributed by atoms with E-state index in [1.165, 1.54) is 12.1 Å². The minimum atomic E-state index is -0.978. The van der Waals surface area contributed by atoms with Gasteiger partial charge in [-0.2, -0.15) is 0 Å². The number of carboxylic acids is 1. The van der Waals surface area contributed by atoms with Crippen LogP contribution in [0.3, 0.4) is 0 Å². The number of aromatic carboxylic acids is 1. The molecule has 6 rings (SSSR count). The number of carbonyl (C=O) groups is 2. The lowest BCUT2D eigenvalue weighted by atomic mass is 9.87. The smallest absolute Gasteiger partial charge is 0.335 e. The monoisotopic (exact) mass is 483 g/mol.